The lowest BCUT2D eigenvalue weighted by molar-refractivity contribution is -0.137. The molecule has 0 aliphatic carbocycles. The Labute approximate surface area is 208 Å². The number of benzene rings is 3. The molecule has 3 aromatic carbocycles. The second kappa shape index (κ2) is 11.0. The van der Waals surface area contributed by atoms with Gasteiger partial charge < -0.3 is 14.1 Å². The van der Waals surface area contributed by atoms with Gasteiger partial charge in [0.1, 0.15) is 17.1 Å². The number of rotatable bonds is 10. The fourth-order valence-electron chi connectivity index (χ4n) is 4.15. The van der Waals surface area contributed by atoms with Crippen LogP contribution in [-0.4, -0.2) is 36.9 Å². The summed E-state index contributed by atoms with van der Waals surface area (Å²) in [5.74, 6) is 0.640. The summed E-state index contributed by atoms with van der Waals surface area (Å²) in [6.45, 7) is 7.81. The number of carbonyl (C=O) groups excluding carboxylic acids is 1. The van der Waals surface area contributed by atoms with Crippen molar-refractivity contribution in [3.05, 3.63) is 89.5 Å². The summed E-state index contributed by atoms with van der Waals surface area (Å²) in [7, 11) is 0. The smallest absolute Gasteiger partial charge is 0.416 e. The molecule has 7 heteroatoms. The van der Waals surface area contributed by atoms with E-state index < -0.39 is 11.7 Å². The van der Waals surface area contributed by atoms with Crippen LogP contribution in [0.15, 0.2) is 77.2 Å². The van der Waals surface area contributed by atoms with Crippen LogP contribution in [0.2, 0.25) is 0 Å². The molecule has 4 rings (SSSR count). The zero-order valence-electron chi connectivity index (χ0n) is 20.3. The predicted molar refractivity (Wildman–Crippen MR) is 134 cm³/mol. The maximum Gasteiger partial charge on any atom is 0.416 e. The SMILES string of the molecule is CCN(CC)CCCOc1ccc(C(=O)c2c(-c3ccc(C(F)(F)F)cc3)oc3ccccc23)cc1. The Morgan fingerprint density at radius 2 is 1.58 bits per heavy atom. The number of halogens is 3. The highest BCUT2D eigenvalue weighted by Gasteiger charge is 2.30. The summed E-state index contributed by atoms with van der Waals surface area (Å²) >= 11 is 0. The molecule has 0 aliphatic rings. The highest BCUT2D eigenvalue weighted by Crippen LogP contribution is 2.37. The number of alkyl halides is 3. The summed E-state index contributed by atoms with van der Waals surface area (Å²) in [6, 6.07) is 18.6. The summed E-state index contributed by atoms with van der Waals surface area (Å²) in [6.07, 6.45) is -3.54. The van der Waals surface area contributed by atoms with Gasteiger partial charge >= 0.3 is 6.18 Å². The molecule has 36 heavy (non-hydrogen) atoms. The lowest BCUT2D eigenvalue weighted by atomic mass is 9.97. The van der Waals surface area contributed by atoms with E-state index in [1.165, 1.54) is 12.1 Å². The van der Waals surface area contributed by atoms with Crippen LogP contribution in [0.4, 0.5) is 13.2 Å². The molecule has 0 saturated carbocycles. The van der Waals surface area contributed by atoms with Crippen molar-refractivity contribution in [2.24, 2.45) is 0 Å². The van der Waals surface area contributed by atoms with Crippen molar-refractivity contribution in [3.8, 4) is 17.1 Å². The van der Waals surface area contributed by atoms with E-state index >= 15 is 0 Å². The molecule has 4 aromatic rings. The van der Waals surface area contributed by atoms with Crippen LogP contribution >= 0.6 is 0 Å². The van der Waals surface area contributed by atoms with Crippen molar-refractivity contribution >= 4 is 16.8 Å². The Hall–Kier alpha value is -3.58. The van der Waals surface area contributed by atoms with Crippen molar-refractivity contribution in [2.45, 2.75) is 26.4 Å². The van der Waals surface area contributed by atoms with Gasteiger partial charge in [-0.3, -0.25) is 4.79 Å². The molecule has 0 saturated heterocycles. The summed E-state index contributed by atoms with van der Waals surface area (Å²) in [5.41, 5.74) is 0.881. The van der Waals surface area contributed by atoms with Crippen molar-refractivity contribution < 1.29 is 27.1 Å². The average Bonchev–Trinajstić information content (AvgIpc) is 3.28. The van der Waals surface area contributed by atoms with Crippen LogP contribution in [0, 0.1) is 0 Å². The number of hydrogen-bond acceptors (Lipinski definition) is 4. The van der Waals surface area contributed by atoms with E-state index in [-0.39, 0.29) is 11.5 Å². The fourth-order valence-corrected chi connectivity index (χ4v) is 4.15. The van der Waals surface area contributed by atoms with E-state index in [0.29, 0.717) is 40.0 Å². The van der Waals surface area contributed by atoms with E-state index in [1.807, 2.05) is 0 Å². The third-order valence-electron chi connectivity index (χ3n) is 6.20. The van der Waals surface area contributed by atoms with Crippen molar-refractivity contribution in [1.82, 2.24) is 4.90 Å². The highest BCUT2D eigenvalue weighted by molar-refractivity contribution is 6.19. The minimum Gasteiger partial charge on any atom is -0.494 e. The van der Waals surface area contributed by atoms with Gasteiger partial charge in [0.25, 0.3) is 0 Å². The Bertz CT molecular complexity index is 1300. The third-order valence-corrected chi connectivity index (χ3v) is 6.20. The number of carbonyl (C=O) groups is 1. The molecule has 0 fully saturated rings. The van der Waals surface area contributed by atoms with Crippen molar-refractivity contribution in [3.63, 3.8) is 0 Å². The third kappa shape index (κ3) is 5.62. The van der Waals surface area contributed by atoms with Gasteiger partial charge in [0, 0.05) is 23.1 Å². The van der Waals surface area contributed by atoms with Gasteiger partial charge in [-0.25, -0.2) is 0 Å². The largest absolute Gasteiger partial charge is 0.494 e. The summed E-state index contributed by atoms with van der Waals surface area (Å²) < 4.78 is 50.9. The molecule has 0 atom stereocenters. The first kappa shape index (κ1) is 25.5. The predicted octanol–water partition coefficient (Wildman–Crippen LogP) is 7.46. The highest BCUT2D eigenvalue weighted by atomic mass is 19.4. The minimum atomic E-state index is -4.44. The van der Waals surface area contributed by atoms with Gasteiger partial charge in [-0.2, -0.15) is 13.2 Å². The number of nitrogens with zero attached hydrogens (tertiary/aromatic N) is 1. The Morgan fingerprint density at radius 1 is 0.917 bits per heavy atom. The molecule has 0 aliphatic heterocycles. The van der Waals surface area contributed by atoms with E-state index in [2.05, 4.69) is 18.7 Å². The number of ketones is 1. The normalized spacial score (nSPS) is 11.8. The number of fused-ring (bicyclic) bond motifs is 1. The molecule has 1 heterocycles. The Balaban J connectivity index is 1.57. The number of hydrogen-bond donors (Lipinski definition) is 0. The molecule has 0 spiro atoms. The van der Waals surface area contributed by atoms with Crippen molar-refractivity contribution in [2.75, 3.05) is 26.2 Å². The quantitative estimate of drug-likeness (QED) is 0.169. The van der Waals surface area contributed by atoms with E-state index in [4.69, 9.17) is 9.15 Å². The molecule has 0 bridgehead atoms. The van der Waals surface area contributed by atoms with Gasteiger partial charge in [0.2, 0.25) is 0 Å². The number of ether oxygens (including phenoxy) is 1. The fraction of sp³-hybridized carbons (Fsp3) is 0.276. The maximum absolute atomic E-state index is 13.6. The van der Waals surface area contributed by atoms with Crippen LogP contribution in [0.5, 0.6) is 5.75 Å². The zero-order valence-corrected chi connectivity index (χ0v) is 20.3. The first-order valence-electron chi connectivity index (χ1n) is 12.0. The first-order valence-corrected chi connectivity index (χ1v) is 12.0. The zero-order chi connectivity index (χ0) is 25.7. The summed E-state index contributed by atoms with van der Waals surface area (Å²) in [4.78, 5) is 15.9. The lowest BCUT2D eigenvalue weighted by Crippen LogP contribution is -2.25. The minimum absolute atomic E-state index is 0.242. The molecule has 188 valence electrons. The van der Waals surface area contributed by atoms with Crippen LogP contribution < -0.4 is 4.74 Å². The standard InChI is InChI=1S/C29H28F3NO3/c1-3-33(4-2)18-7-19-35-23-16-12-20(13-17-23)27(34)26-24-8-5-6-9-25(24)36-28(26)21-10-14-22(15-11-21)29(30,31)32/h5-6,8-17H,3-4,7,18-19H2,1-2H3. The van der Waals surface area contributed by atoms with E-state index in [1.54, 1.807) is 48.5 Å². The molecule has 0 N–H and O–H groups in total. The van der Waals surface area contributed by atoms with Gasteiger partial charge in [-0.15, -0.1) is 0 Å². The average molecular weight is 496 g/mol. The molecule has 4 nitrogen and oxygen atoms in total. The monoisotopic (exact) mass is 495 g/mol. The molecular weight excluding hydrogens is 467 g/mol. The van der Waals surface area contributed by atoms with E-state index in [0.717, 1.165) is 38.2 Å². The van der Waals surface area contributed by atoms with Crippen LogP contribution in [-0.2, 0) is 6.18 Å². The van der Waals surface area contributed by atoms with Crippen LogP contribution in [0.1, 0.15) is 41.8 Å². The van der Waals surface area contributed by atoms with E-state index in [9.17, 15) is 18.0 Å². The van der Waals surface area contributed by atoms with Gasteiger partial charge in [-0.05, 0) is 62.0 Å². The second-order valence-corrected chi connectivity index (χ2v) is 8.46. The van der Waals surface area contributed by atoms with Gasteiger partial charge in [0.05, 0.1) is 17.7 Å². The van der Waals surface area contributed by atoms with Crippen LogP contribution in [0.3, 0.4) is 0 Å². The molecule has 0 unspecified atom stereocenters. The molecule has 1 aromatic heterocycles. The van der Waals surface area contributed by atoms with Crippen molar-refractivity contribution in [1.29, 1.82) is 0 Å². The molecule has 0 radical (unpaired) electrons. The Kier molecular flexibility index (Phi) is 7.79. The number of furan rings is 1. The van der Waals surface area contributed by atoms with Crippen LogP contribution in [0.25, 0.3) is 22.3 Å². The molecule has 0 amide bonds. The molecular formula is C29H28F3NO3. The van der Waals surface area contributed by atoms with Gasteiger partial charge in [0.15, 0.2) is 5.78 Å². The topological polar surface area (TPSA) is 42.7 Å². The first-order chi connectivity index (χ1) is 17.3. The lowest BCUT2D eigenvalue weighted by Gasteiger charge is -2.17. The van der Waals surface area contributed by atoms with Gasteiger partial charge in [-0.1, -0.05) is 44.2 Å². The number of para-hydroxylation sites is 1. The second-order valence-electron chi connectivity index (χ2n) is 8.46. The summed E-state index contributed by atoms with van der Waals surface area (Å²) in [5, 5.41) is 0.606. The Morgan fingerprint density at radius 3 is 2.22 bits per heavy atom. The maximum atomic E-state index is 13.6.